The first kappa shape index (κ1) is 19.3. The Morgan fingerprint density at radius 1 is 1.17 bits per heavy atom. The van der Waals surface area contributed by atoms with Crippen LogP contribution in [0.4, 0.5) is 21.6 Å². The average molecular weight is 407 g/mol. The molecule has 4 aromatic rings. The molecule has 2 heterocycles. The Morgan fingerprint density at radius 2 is 1.93 bits per heavy atom. The van der Waals surface area contributed by atoms with Crippen molar-refractivity contribution >= 4 is 28.7 Å². The van der Waals surface area contributed by atoms with E-state index in [9.17, 15) is 9.18 Å². The number of nitrogens with one attached hydrogen (secondary N) is 2. The molecule has 4 rings (SSSR count). The molecule has 9 heteroatoms. The van der Waals surface area contributed by atoms with E-state index in [1.807, 2.05) is 4.40 Å². The molecule has 2 aromatic heterocycles. The topological polar surface area (TPSA) is 101 Å². The van der Waals surface area contributed by atoms with Crippen LogP contribution in [0.1, 0.15) is 0 Å². The molecule has 152 valence electrons. The third-order valence-corrected chi connectivity index (χ3v) is 4.45. The number of nitrogens with zero attached hydrogens (tertiary/aromatic N) is 3. The fourth-order valence-corrected chi connectivity index (χ4v) is 3.02. The minimum atomic E-state index is -0.577. The molecular weight excluding hydrogens is 389 g/mol. The number of carbonyl (C=O) groups excluding carboxylic acids is 1. The molecule has 0 unspecified atom stereocenters. The Kier molecular flexibility index (Phi) is 5.27. The number of hydrogen-bond acceptors (Lipinski definition) is 6. The molecule has 0 saturated carbocycles. The number of ether oxygens (including phenoxy) is 1. The van der Waals surface area contributed by atoms with Gasteiger partial charge >= 0.3 is 0 Å². The number of methoxy groups -OCH3 is 1. The predicted molar refractivity (Wildman–Crippen MR) is 110 cm³/mol. The van der Waals surface area contributed by atoms with Gasteiger partial charge in [0.05, 0.1) is 19.0 Å². The van der Waals surface area contributed by atoms with Gasteiger partial charge in [0.25, 0.3) is 0 Å². The third kappa shape index (κ3) is 3.78. The zero-order chi connectivity index (χ0) is 21.1. The molecule has 0 aliphatic heterocycles. The fraction of sp³-hybridized carbons (Fsp3) is 0.0952. The molecule has 0 spiro atoms. The number of imidazole rings is 1. The zero-order valence-corrected chi connectivity index (χ0v) is 16.0. The van der Waals surface area contributed by atoms with E-state index in [1.54, 1.807) is 55.0 Å². The Balaban J connectivity index is 1.62. The third-order valence-electron chi connectivity index (χ3n) is 4.45. The van der Waals surface area contributed by atoms with Crippen molar-refractivity contribution in [2.45, 2.75) is 0 Å². The number of anilines is 3. The number of fused-ring (bicyclic) bond motifs is 1. The lowest BCUT2D eigenvalue weighted by Gasteiger charge is -2.09. The summed E-state index contributed by atoms with van der Waals surface area (Å²) in [7, 11) is 1.42. The molecule has 0 radical (unpaired) electrons. The highest BCUT2D eigenvalue weighted by atomic mass is 19.1. The van der Waals surface area contributed by atoms with Gasteiger partial charge in [0, 0.05) is 29.3 Å². The van der Waals surface area contributed by atoms with E-state index >= 15 is 0 Å². The van der Waals surface area contributed by atoms with Crippen LogP contribution in [-0.4, -0.2) is 39.1 Å². The number of carbonyl (C=O) groups is 1. The van der Waals surface area contributed by atoms with Crippen molar-refractivity contribution in [1.82, 2.24) is 14.4 Å². The van der Waals surface area contributed by atoms with Gasteiger partial charge in [-0.2, -0.15) is 0 Å². The van der Waals surface area contributed by atoms with Crippen molar-refractivity contribution in [2.24, 2.45) is 0 Å². The van der Waals surface area contributed by atoms with E-state index in [4.69, 9.17) is 9.84 Å². The molecule has 1 amide bonds. The van der Waals surface area contributed by atoms with E-state index in [2.05, 4.69) is 20.6 Å². The second-order valence-electron chi connectivity index (χ2n) is 6.37. The van der Waals surface area contributed by atoms with Gasteiger partial charge in [0.15, 0.2) is 23.0 Å². The lowest BCUT2D eigenvalue weighted by atomic mass is 10.1. The maximum atomic E-state index is 14.1. The average Bonchev–Trinajstić information content (AvgIpc) is 3.20. The van der Waals surface area contributed by atoms with Crippen molar-refractivity contribution in [1.29, 1.82) is 0 Å². The van der Waals surface area contributed by atoms with Crippen LogP contribution in [0.2, 0.25) is 0 Å². The summed E-state index contributed by atoms with van der Waals surface area (Å²) >= 11 is 0. The van der Waals surface area contributed by atoms with Gasteiger partial charge in [-0.3, -0.25) is 9.20 Å². The SMILES string of the molecule is COc1ccc(-c2cnc3c(Nc4ccc(NC(=O)CO)cc4)nccn23)cc1F. The van der Waals surface area contributed by atoms with Crippen molar-refractivity contribution < 1.29 is 19.0 Å². The van der Waals surface area contributed by atoms with Crippen LogP contribution < -0.4 is 15.4 Å². The first-order valence-electron chi connectivity index (χ1n) is 9.03. The zero-order valence-electron chi connectivity index (χ0n) is 16.0. The second-order valence-corrected chi connectivity index (χ2v) is 6.37. The summed E-state index contributed by atoms with van der Waals surface area (Å²) in [6.07, 6.45) is 5.02. The van der Waals surface area contributed by atoms with Crippen molar-refractivity contribution in [3.8, 4) is 17.0 Å². The summed E-state index contributed by atoms with van der Waals surface area (Å²) in [6.45, 7) is -0.577. The largest absolute Gasteiger partial charge is 0.494 e. The molecule has 0 aliphatic rings. The normalized spacial score (nSPS) is 10.8. The minimum absolute atomic E-state index is 0.176. The molecule has 0 saturated heterocycles. The number of aromatic nitrogens is 3. The number of aliphatic hydroxyl groups is 1. The van der Waals surface area contributed by atoms with Crippen molar-refractivity contribution in [3.05, 3.63) is 66.9 Å². The van der Waals surface area contributed by atoms with Crippen LogP contribution in [0, 0.1) is 5.82 Å². The van der Waals surface area contributed by atoms with Gasteiger partial charge in [-0.1, -0.05) is 0 Å². The number of aliphatic hydroxyl groups excluding tert-OH is 1. The molecule has 0 atom stereocenters. The summed E-state index contributed by atoms with van der Waals surface area (Å²) in [4.78, 5) is 20.0. The quantitative estimate of drug-likeness (QED) is 0.454. The molecule has 0 bridgehead atoms. The summed E-state index contributed by atoms with van der Waals surface area (Å²) in [5, 5.41) is 14.5. The Hall–Kier alpha value is -3.98. The fourth-order valence-electron chi connectivity index (χ4n) is 3.02. The second kappa shape index (κ2) is 8.18. The highest BCUT2D eigenvalue weighted by Gasteiger charge is 2.13. The van der Waals surface area contributed by atoms with Gasteiger partial charge in [-0.05, 0) is 42.5 Å². The number of hydrogen-bond donors (Lipinski definition) is 3. The summed E-state index contributed by atoms with van der Waals surface area (Å²) < 4.78 is 20.9. The summed E-state index contributed by atoms with van der Waals surface area (Å²) in [6, 6.07) is 11.7. The number of halogens is 1. The van der Waals surface area contributed by atoms with Crippen LogP contribution in [0.3, 0.4) is 0 Å². The Bertz CT molecular complexity index is 1210. The Morgan fingerprint density at radius 3 is 2.63 bits per heavy atom. The van der Waals surface area contributed by atoms with E-state index in [0.717, 1.165) is 5.69 Å². The van der Waals surface area contributed by atoms with Crippen molar-refractivity contribution in [3.63, 3.8) is 0 Å². The smallest absolute Gasteiger partial charge is 0.250 e. The van der Waals surface area contributed by atoms with E-state index in [0.29, 0.717) is 28.4 Å². The molecular formula is C21H18FN5O3. The van der Waals surface area contributed by atoms with Crippen molar-refractivity contribution in [2.75, 3.05) is 24.4 Å². The standard InChI is InChI=1S/C21H18FN5O3/c1-30-18-7-2-13(10-16(18)22)17-11-24-21-20(23-8-9-27(17)21)26-15-5-3-14(4-6-15)25-19(29)12-28/h2-11,28H,12H2,1H3,(H,23,26)(H,25,29). The van der Waals surface area contributed by atoms with E-state index < -0.39 is 18.3 Å². The first-order chi connectivity index (χ1) is 14.6. The van der Waals surface area contributed by atoms with Crippen LogP contribution in [-0.2, 0) is 4.79 Å². The first-order valence-corrected chi connectivity index (χ1v) is 9.03. The highest BCUT2D eigenvalue weighted by molar-refractivity contribution is 5.91. The van der Waals surface area contributed by atoms with Crippen LogP contribution in [0.5, 0.6) is 5.75 Å². The van der Waals surface area contributed by atoms with Gasteiger partial charge in [0.2, 0.25) is 5.91 Å². The van der Waals surface area contributed by atoms with Gasteiger partial charge < -0.3 is 20.5 Å². The summed E-state index contributed by atoms with van der Waals surface area (Å²) in [5.74, 6) is -0.243. The lowest BCUT2D eigenvalue weighted by Crippen LogP contribution is -2.15. The molecule has 8 nitrogen and oxygen atoms in total. The van der Waals surface area contributed by atoms with Gasteiger partial charge in [-0.15, -0.1) is 0 Å². The summed E-state index contributed by atoms with van der Waals surface area (Å²) in [5.41, 5.74) is 3.23. The molecule has 30 heavy (non-hydrogen) atoms. The molecule has 0 aliphatic carbocycles. The number of rotatable bonds is 6. The Labute approximate surface area is 171 Å². The predicted octanol–water partition coefficient (Wildman–Crippen LogP) is 3.22. The van der Waals surface area contributed by atoms with E-state index in [-0.39, 0.29) is 5.75 Å². The monoisotopic (exact) mass is 407 g/mol. The van der Waals surface area contributed by atoms with Crippen LogP contribution in [0.25, 0.3) is 16.9 Å². The highest BCUT2D eigenvalue weighted by Crippen LogP contribution is 2.28. The minimum Gasteiger partial charge on any atom is -0.494 e. The molecule has 0 fully saturated rings. The maximum Gasteiger partial charge on any atom is 0.250 e. The van der Waals surface area contributed by atoms with Gasteiger partial charge in [-0.25, -0.2) is 14.4 Å². The van der Waals surface area contributed by atoms with Crippen LogP contribution in [0.15, 0.2) is 61.1 Å². The number of benzene rings is 2. The van der Waals surface area contributed by atoms with Crippen LogP contribution >= 0.6 is 0 Å². The maximum absolute atomic E-state index is 14.1. The molecule has 3 N–H and O–H groups in total. The van der Waals surface area contributed by atoms with E-state index in [1.165, 1.54) is 13.2 Å². The molecule has 2 aromatic carbocycles. The lowest BCUT2D eigenvalue weighted by molar-refractivity contribution is -0.118. The van der Waals surface area contributed by atoms with Gasteiger partial charge in [0.1, 0.15) is 6.61 Å². The number of amides is 1.